The van der Waals surface area contributed by atoms with E-state index in [1.807, 2.05) is 30.3 Å². The van der Waals surface area contributed by atoms with Crippen molar-refractivity contribution in [2.75, 3.05) is 11.1 Å². The van der Waals surface area contributed by atoms with Crippen LogP contribution in [0.15, 0.2) is 40.0 Å². The van der Waals surface area contributed by atoms with E-state index in [-0.39, 0.29) is 5.91 Å². The Bertz CT molecular complexity index is 1020. The van der Waals surface area contributed by atoms with Crippen molar-refractivity contribution < 1.29 is 9.21 Å². The number of amides is 1. The van der Waals surface area contributed by atoms with E-state index in [4.69, 9.17) is 4.42 Å². The predicted molar refractivity (Wildman–Crippen MR) is 109 cm³/mol. The number of anilines is 1. The molecule has 0 spiro atoms. The SMILES string of the molecule is N#Cc1c(NC(=O)CCSc2nnc(-c3ccccc3)o2)sc2c1CCCC2. The summed E-state index contributed by atoms with van der Waals surface area (Å²) in [5, 5.41) is 21.6. The van der Waals surface area contributed by atoms with Gasteiger partial charge in [-0.1, -0.05) is 30.0 Å². The molecule has 1 amide bonds. The molecule has 1 N–H and O–H groups in total. The van der Waals surface area contributed by atoms with Crippen LogP contribution in [-0.4, -0.2) is 21.9 Å². The van der Waals surface area contributed by atoms with Gasteiger partial charge >= 0.3 is 0 Å². The van der Waals surface area contributed by atoms with Gasteiger partial charge in [0.2, 0.25) is 11.8 Å². The van der Waals surface area contributed by atoms with Crippen molar-refractivity contribution in [1.82, 2.24) is 10.2 Å². The molecule has 0 bridgehead atoms. The van der Waals surface area contributed by atoms with Crippen molar-refractivity contribution >= 4 is 34.0 Å². The van der Waals surface area contributed by atoms with Gasteiger partial charge in [0.1, 0.15) is 11.1 Å². The van der Waals surface area contributed by atoms with Gasteiger partial charge in [-0.15, -0.1) is 21.5 Å². The highest BCUT2D eigenvalue weighted by Gasteiger charge is 2.21. The van der Waals surface area contributed by atoms with Gasteiger partial charge in [-0.25, -0.2) is 0 Å². The molecule has 1 aliphatic carbocycles. The number of carbonyl (C=O) groups is 1. The smallest absolute Gasteiger partial charge is 0.276 e. The van der Waals surface area contributed by atoms with Gasteiger partial charge in [0.25, 0.3) is 5.22 Å². The lowest BCUT2D eigenvalue weighted by Gasteiger charge is -2.09. The van der Waals surface area contributed by atoms with Crippen LogP contribution in [0.4, 0.5) is 5.00 Å². The van der Waals surface area contributed by atoms with Gasteiger partial charge in [-0.2, -0.15) is 5.26 Å². The van der Waals surface area contributed by atoms with Gasteiger partial charge in [-0.05, 0) is 43.4 Å². The second-order valence-corrected chi connectivity index (χ2v) is 8.56. The number of hydrogen-bond acceptors (Lipinski definition) is 7. The molecule has 6 nitrogen and oxygen atoms in total. The van der Waals surface area contributed by atoms with Crippen molar-refractivity contribution in [3.05, 3.63) is 46.3 Å². The van der Waals surface area contributed by atoms with Gasteiger partial charge in [0.15, 0.2) is 0 Å². The van der Waals surface area contributed by atoms with E-state index < -0.39 is 0 Å². The molecule has 2 heterocycles. The summed E-state index contributed by atoms with van der Waals surface area (Å²) in [6.07, 6.45) is 4.50. The van der Waals surface area contributed by atoms with Crippen LogP contribution in [0.5, 0.6) is 0 Å². The van der Waals surface area contributed by atoms with Gasteiger partial charge < -0.3 is 9.73 Å². The third kappa shape index (κ3) is 4.11. The first kappa shape index (κ1) is 18.7. The number of fused-ring (bicyclic) bond motifs is 1. The van der Waals surface area contributed by atoms with Crippen LogP contribution >= 0.6 is 23.1 Å². The maximum Gasteiger partial charge on any atom is 0.276 e. The zero-order valence-electron chi connectivity index (χ0n) is 15.1. The maximum atomic E-state index is 12.3. The number of thioether (sulfide) groups is 1. The van der Waals surface area contributed by atoms with E-state index in [2.05, 4.69) is 21.6 Å². The van der Waals surface area contributed by atoms with Crippen LogP contribution in [0.3, 0.4) is 0 Å². The summed E-state index contributed by atoms with van der Waals surface area (Å²) < 4.78 is 5.63. The average molecular weight is 411 g/mol. The summed E-state index contributed by atoms with van der Waals surface area (Å²) in [5.41, 5.74) is 2.64. The molecule has 1 aromatic carbocycles. The lowest BCUT2D eigenvalue weighted by atomic mass is 9.96. The second-order valence-electron chi connectivity index (χ2n) is 6.41. The van der Waals surface area contributed by atoms with E-state index >= 15 is 0 Å². The van der Waals surface area contributed by atoms with E-state index in [0.717, 1.165) is 36.8 Å². The highest BCUT2D eigenvalue weighted by atomic mass is 32.2. The normalized spacial score (nSPS) is 13.0. The Hall–Kier alpha value is -2.63. The lowest BCUT2D eigenvalue weighted by Crippen LogP contribution is -2.12. The average Bonchev–Trinajstić information content (AvgIpc) is 3.32. The molecule has 8 heteroatoms. The molecular weight excluding hydrogens is 392 g/mol. The number of aromatic nitrogens is 2. The zero-order valence-corrected chi connectivity index (χ0v) is 16.7. The maximum absolute atomic E-state index is 12.3. The summed E-state index contributed by atoms with van der Waals surface area (Å²) in [6, 6.07) is 11.8. The molecule has 3 aromatic rings. The fourth-order valence-corrected chi connectivity index (χ4v) is 5.11. The lowest BCUT2D eigenvalue weighted by molar-refractivity contribution is -0.115. The molecule has 0 aliphatic heterocycles. The first-order valence-electron chi connectivity index (χ1n) is 9.11. The summed E-state index contributed by atoms with van der Waals surface area (Å²) in [6.45, 7) is 0. The number of thiophene rings is 1. The number of hydrogen-bond donors (Lipinski definition) is 1. The number of aryl methyl sites for hydroxylation is 1. The number of carbonyl (C=O) groups excluding carboxylic acids is 1. The molecule has 1 aliphatic rings. The quantitative estimate of drug-likeness (QED) is 0.594. The third-order valence-corrected chi connectivity index (χ3v) is 6.55. The van der Waals surface area contributed by atoms with Crippen LogP contribution in [0.1, 0.15) is 35.3 Å². The molecular formula is C20H18N4O2S2. The van der Waals surface area contributed by atoms with Crippen LogP contribution in [-0.2, 0) is 17.6 Å². The first-order valence-corrected chi connectivity index (χ1v) is 10.9. The van der Waals surface area contributed by atoms with Crippen LogP contribution in [0, 0.1) is 11.3 Å². The molecule has 0 fully saturated rings. The molecule has 0 saturated carbocycles. The highest BCUT2D eigenvalue weighted by molar-refractivity contribution is 7.99. The highest BCUT2D eigenvalue weighted by Crippen LogP contribution is 2.37. The minimum Gasteiger partial charge on any atom is -0.411 e. The van der Waals surface area contributed by atoms with Crippen LogP contribution < -0.4 is 5.32 Å². The molecule has 2 aromatic heterocycles. The topological polar surface area (TPSA) is 91.8 Å². The van der Waals surface area contributed by atoms with Crippen LogP contribution in [0.2, 0.25) is 0 Å². The Labute approximate surface area is 171 Å². The number of nitrogens with one attached hydrogen (secondary N) is 1. The molecule has 0 radical (unpaired) electrons. The van der Waals surface area contributed by atoms with Crippen molar-refractivity contribution in [3.8, 4) is 17.5 Å². The van der Waals surface area contributed by atoms with E-state index in [0.29, 0.717) is 33.9 Å². The van der Waals surface area contributed by atoms with Crippen LogP contribution in [0.25, 0.3) is 11.5 Å². The fraction of sp³-hybridized carbons (Fsp3) is 0.300. The van der Waals surface area contributed by atoms with E-state index in [9.17, 15) is 10.1 Å². The number of benzene rings is 1. The summed E-state index contributed by atoms with van der Waals surface area (Å²) >= 11 is 2.89. The summed E-state index contributed by atoms with van der Waals surface area (Å²) in [4.78, 5) is 13.6. The van der Waals surface area contributed by atoms with Crippen molar-refractivity contribution in [1.29, 1.82) is 5.26 Å². The number of nitrogens with zero attached hydrogens (tertiary/aromatic N) is 3. The molecule has 0 unspecified atom stereocenters. The largest absolute Gasteiger partial charge is 0.411 e. The van der Waals surface area contributed by atoms with Gasteiger partial charge in [0, 0.05) is 22.6 Å². The standard InChI is InChI=1S/C20H18N4O2S2/c21-12-15-14-8-4-5-9-16(14)28-19(15)22-17(25)10-11-27-20-24-23-18(26-20)13-6-2-1-3-7-13/h1-3,6-7H,4-5,8-11H2,(H,22,25). The number of rotatable bonds is 6. The van der Waals surface area contributed by atoms with Gasteiger partial charge in [0.05, 0.1) is 5.56 Å². The summed E-state index contributed by atoms with van der Waals surface area (Å²) in [7, 11) is 0. The minimum absolute atomic E-state index is 0.106. The van der Waals surface area contributed by atoms with Crippen molar-refractivity contribution in [2.45, 2.75) is 37.3 Å². The van der Waals surface area contributed by atoms with Crippen molar-refractivity contribution in [3.63, 3.8) is 0 Å². The minimum atomic E-state index is -0.106. The fourth-order valence-electron chi connectivity index (χ4n) is 3.16. The van der Waals surface area contributed by atoms with E-state index in [1.54, 1.807) is 11.3 Å². The Balaban J connectivity index is 1.32. The predicted octanol–water partition coefficient (Wildman–Crippen LogP) is 4.67. The Morgan fingerprint density at radius 2 is 2.07 bits per heavy atom. The zero-order chi connectivity index (χ0) is 19.3. The second kappa shape index (κ2) is 8.59. The van der Waals surface area contributed by atoms with Gasteiger partial charge in [-0.3, -0.25) is 4.79 Å². The summed E-state index contributed by atoms with van der Waals surface area (Å²) in [5.74, 6) is 0.885. The van der Waals surface area contributed by atoms with E-state index in [1.165, 1.54) is 16.6 Å². The molecule has 28 heavy (non-hydrogen) atoms. The monoisotopic (exact) mass is 410 g/mol. The Morgan fingerprint density at radius 3 is 2.89 bits per heavy atom. The van der Waals surface area contributed by atoms with Crippen molar-refractivity contribution in [2.24, 2.45) is 0 Å². The molecule has 4 rings (SSSR count). The first-order chi connectivity index (χ1) is 13.7. The molecule has 0 atom stereocenters. The molecule has 142 valence electrons. The number of nitriles is 1. The molecule has 0 saturated heterocycles. The Morgan fingerprint density at radius 1 is 1.25 bits per heavy atom. The third-order valence-electron chi connectivity index (χ3n) is 4.52. The Kier molecular flexibility index (Phi) is 5.74.